The summed E-state index contributed by atoms with van der Waals surface area (Å²) in [6, 6.07) is 20.1. The van der Waals surface area contributed by atoms with E-state index in [2.05, 4.69) is 17.0 Å². The highest BCUT2D eigenvalue weighted by Gasteiger charge is 2.18. The predicted octanol–water partition coefficient (Wildman–Crippen LogP) is 3.09. The first-order valence-electron chi connectivity index (χ1n) is 8.55. The van der Waals surface area contributed by atoms with Gasteiger partial charge in [-0.25, -0.2) is 0 Å². The van der Waals surface area contributed by atoms with Crippen LogP contribution in [0.2, 0.25) is 0 Å². The summed E-state index contributed by atoms with van der Waals surface area (Å²) in [5.74, 6) is 0. The fraction of sp³-hybridized carbons (Fsp3) is 0.286. The summed E-state index contributed by atoms with van der Waals surface area (Å²) in [5.41, 5.74) is 2.88. The first kappa shape index (κ1) is 17.4. The van der Waals surface area contributed by atoms with Crippen molar-refractivity contribution in [2.45, 2.75) is 19.0 Å². The number of rotatable bonds is 6. The topological polar surface area (TPSA) is 45.5 Å². The number of aliphatic hydroxyl groups is 1. The van der Waals surface area contributed by atoms with Gasteiger partial charge in [0.2, 0.25) is 0 Å². The molecule has 0 saturated heterocycles. The van der Waals surface area contributed by atoms with Crippen LogP contribution in [0.1, 0.15) is 23.6 Å². The summed E-state index contributed by atoms with van der Waals surface area (Å²) in [5, 5.41) is 10.5. The molecular weight excluding hydrogens is 312 g/mol. The average Bonchev–Trinajstić information content (AvgIpc) is 2.64. The van der Waals surface area contributed by atoms with E-state index in [4.69, 9.17) is 0 Å². The molecule has 4 nitrogen and oxygen atoms in total. The molecule has 1 heterocycles. The Balaban J connectivity index is 1.94. The van der Waals surface area contributed by atoms with Crippen molar-refractivity contribution >= 4 is 10.9 Å². The van der Waals surface area contributed by atoms with Gasteiger partial charge in [-0.1, -0.05) is 48.5 Å². The third-order valence-corrected chi connectivity index (χ3v) is 4.75. The number of aryl methyl sites for hydroxylation is 1. The van der Waals surface area contributed by atoms with E-state index >= 15 is 0 Å². The first-order chi connectivity index (χ1) is 12.1. The van der Waals surface area contributed by atoms with Crippen molar-refractivity contribution in [3.63, 3.8) is 0 Å². The van der Waals surface area contributed by atoms with E-state index in [9.17, 15) is 9.90 Å². The number of hydrogen-bond acceptors (Lipinski definition) is 3. The van der Waals surface area contributed by atoms with Gasteiger partial charge < -0.3 is 9.67 Å². The number of hydrogen-bond donors (Lipinski definition) is 1. The molecule has 1 atom stereocenters. The van der Waals surface area contributed by atoms with Crippen molar-refractivity contribution in [2.24, 2.45) is 7.05 Å². The van der Waals surface area contributed by atoms with Crippen LogP contribution in [0.3, 0.4) is 0 Å². The summed E-state index contributed by atoms with van der Waals surface area (Å²) in [4.78, 5) is 14.9. The second-order valence-corrected chi connectivity index (χ2v) is 6.45. The number of aromatic nitrogens is 1. The molecule has 0 aliphatic rings. The van der Waals surface area contributed by atoms with Crippen molar-refractivity contribution in [1.29, 1.82) is 0 Å². The monoisotopic (exact) mass is 336 g/mol. The molecule has 0 fully saturated rings. The molecular formula is C21H24N2O2. The lowest BCUT2D eigenvalue weighted by Gasteiger charge is -2.28. The fourth-order valence-electron chi connectivity index (χ4n) is 3.42. The van der Waals surface area contributed by atoms with Crippen LogP contribution in [0.5, 0.6) is 0 Å². The zero-order valence-electron chi connectivity index (χ0n) is 14.7. The van der Waals surface area contributed by atoms with E-state index in [1.165, 1.54) is 0 Å². The van der Waals surface area contributed by atoms with Crippen LogP contribution in [-0.4, -0.2) is 28.2 Å². The summed E-state index contributed by atoms with van der Waals surface area (Å²) in [7, 11) is 3.82. The number of aliphatic hydroxyl groups excluding tert-OH is 1. The smallest absolute Gasteiger partial charge is 0.255 e. The molecule has 1 aromatic heterocycles. The highest BCUT2D eigenvalue weighted by molar-refractivity contribution is 5.79. The van der Waals surface area contributed by atoms with E-state index in [0.717, 1.165) is 22.0 Å². The van der Waals surface area contributed by atoms with E-state index in [1.807, 2.05) is 62.6 Å². The van der Waals surface area contributed by atoms with Gasteiger partial charge in [0, 0.05) is 31.8 Å². The Morgan fingerprint density at radius 2 is 1.76 bits per heavy atom. The molecule has 25 heavy (non-hydrogen) atoms. The maximum Gasteiger partial charge on any atom is 0.255 e. The highest BCUT2D eigenvalue weighted by atomic mass is 16.3. The minimum Gasteiger partial charge on any atom is -0.396 e. The Hall–Kier alpha value is -2.43. The first-order valence-corrected chi connectivity index (χ1v) is 8.55. The molecule has 130 valence electrons. The predicted molar refractivity (Wildman–Crippen MR) is 102 cm³/mol. The summed E-state index contributed by atoms with van der Waals surface area (Å²) < 4.78 is 1.71. The summed E-state index contributed by atoms with van der Waals surface area (Å²) in [6.07, 6.45) is 0.633. The van der Waals surface area contributed by atoms with Gasteiger partial charge in [0.25, 0.3) is 5.56 Å². The Morgan fingerprint density at radius 1 is 1.08 bits per heavy atom. The van der Waals surface area contributed by atoms with Gasteiger partial charge in [-0.3, -0.25) is 9.69 Å². The highest BCUT2D eigenvalue weighted by Crippen LogP contribution is 2.24. The second-order valence-electron chi connectivity index (χ2n) is 6.45. The number of para-hydroxylation sites is 1. The molecule has 0 amide bonds. The molecule has 0 radical (unpaired) electrons. The maximum absolute atomic E-state index is 12.7. The van der Waals surface area contributed by atoms with Gasteiger partial charge in [-0.15, -0.1) is 0 Å². The van der Waals surface area contributed by atoms with Crippen LogP contribution >= 0.6 is 0 Å². The van der Waals surface area contributed by atoms with E-state index in [-0.39, 0.29) is 18.2 Å². The lowest BCUT2D eigenvalue weighted by Crippen LogP contribution is -2.30. The minimum absolute atomic E-state index is 0.0290. The maximum atomic E-state index is 12.7. The molecule has 1 N–H and O–H groups in total. The van der Waals surface area contributed by atoms with Crippen LogP contribution in [0.4, 0.5) is 0 Å². The van der Waals surface area contributed by atoms with Crippen LogP contribution in [-0.2, 0) is 13.6 Å². The molecule has 0 aliphatic carbocycles. The Labute approximate surface area is 148 Å². The van der Waals surface area contributed by atoms with Gasteiger partial charge >= 0.3 is 0 Å². The fourth-order valence-corrected chi connectivity index (χ4v) is 3.42. The number of benzene rings is 2. The van der Waals surface area contributed by atoms with Crippen LogP contribution in [0.25, 0.3) is 10.9 Å². The SMILES string of the molecule is CN(Cc1cc2ccccc2n(C)c1=O)C(CCO)c1ccccc1. The Bertz CT molecular complexity index is 903. The van der Waals surface area contributed by atoms with Crippen molar-refractivity contribution < 1.29 is 5.11 Å². The van der Waals surface area contributed by atoms with Gasteiger partial charge in [0.1, 0.15) is 0 Å². The molecule has 0 saturated carbocycles. The minimum atomic E-state index is 0.0290. The Kier molecular flexibility index (Phi) is 5.31. The molecule has 2 aromatic carbocycles. The van der Waals surface area contributed by atoms with Crippen molar-refractivity contribution in [3.05, 3.63) is 82.1 Å². The molecule has 1 unspecified atom stereocenters. The standard InChI is InChI=1S/C21H24N2O2/c1-22(19(12-13-24)16-8-4-3-5-9-16)15-18-14-17-10-6-7-11-20(17)23(2)21(18)25/h3-11,14,19,24H,12-13,15H2,1-2H3. The molecule has 0 aliphatic heterocycles. The van der Waals surface area contributed by atoms with E-state index in [1.54, 1.807) is 4.57 Å². The summed E-state index contributed by atoms with van der Waals surface area (Å²) >= 11 is 0. The molecule has 0 bridgehead atoms. The third kappa shape index (κ3) is 3.65. The second kappa shape index (κ2) is 7.64. The van der Waals surface area contributed by atoms with E-state index < -0.39 is 0 Å². The zero-order chi connectivity index (χ0) is 17.8. The summed E-state index contributed by atoms with van der Waals surface area (Å²) in [6.45, 7) is 0.650. The van der Waals surface area contributed by atoms with Crippen molar-refractivity contribution in [3.8, 4) is 0 Å². The van der Waals surface area contributed by atoms with Crippen LogP contribution in [0, 0.1) is 0 Å². The van der Waals surface area contributed by atoms with Crippen molar-refractivity contribution in [1.82, 2.24) is 9.47 Å². The van der Waals surface area contributed by atoms with Gasteiger partial charge in [0.05, 0.1) is 5.52 Å². The quantitative estimate of drug-likeness (QED) is 0.752. The molecule has 3 aromatic rings. The Morgan fingerprint density at radius 3 is 2.48 bits per heavy atom. The van der Waals surface area contributed by atoms with Gasteiger partial charge in [0.15, 0.2) is 0 Å². The number of nitrogens with zero attached hydrogens (tertiary/aromatic N) is 2. The van der Waals surface area contributed by atoms with Crippen LogP contribution < -0.4 is 5.56 Å². The normalized spacial score (nSPS) is 12.6. The van der Waals surface area contributed by atoms with Crippen LogP contribution in [0.15, 0.2) is 65.5 Å². The number of fused-ring (bicyclic) bond motifs is 1. The van der Waals surface area contributed by atoms with E-state index in [0.29, 0.717) is 13.0 Å². The lowest BCUT2D eigenvalue weighted by atomic mass is 10.0. The van der Waals surface area contributed by atoms with Gasteiger partial charge in [-0.05, 0) is 36.6 Å². The largest absolute Gasteiger partial charge is 0.396 e. The lowest BCUT2D eigenvalue weighted by molar-refractivity contribution is 0.179. The third-order valence-electron chi connectivity index (χ3n) is 4.75. The average molecular weight is 336 g/mol. The molecule has 3 rings (SSSR count). The number of pyridine rings is 1. The zero-order valence-corrected chi connectivity index (χ0v) is 14.7. The van der Waals surface area contributed by atoms with Crippen molar-refractivity contribution in [2.75, 3.05) is 13.7 Å². The molecule has 0 spiro atoms. The van der Waals surface area contributed by atoms with Gasteiger partial charge in [-0.2, -0.15) is 0 Å². The molecule has 4 heteroatoms.